The second kappa shape index (κ2) is 8.19. The zero-order valence-electron chi connectivity index (χ0n) is 13.1. The normalized spacial score (nSPS) is 17.0. The Labute approximate surface area is 132 Å². The van der Waals surface area contributed by atoms with E-state index in [9.17, 15) is 0 Å². The molecule has 0 bridgehead atoms. The van der Waals surface area contributed by atoms with Crippen molar-refractivity contribution < 1.29 is 0 Å². The van der Waals surface area contributed by atoms with Crippen molar-refractivity contribution in [1.29, 1.82) is 0 Å². The molecule has 0 radical (unpaired) electrons. The average Bonchev–Trinajstić information content (AvgIpc) is 2.54. The summed E-state index contributed by atoms with van der Waals surface area (Å²) in [6.07, 6.45) is 5.44. The highest BCUT2D eigenvalue weighted by atomic mass is 15.3. The van der Waals surface area contributed by atoms with Gasteiger partial charge in [-0.3, -0.25) is 4.98 Å². The highest BCUT2D eigenvalue weighted by molar-refractivity contribution is 5.78. The molecule has 0 unspecified atom stereocenters. The number of pyridine rings is 1. The van der Waals surface area contributed by atoms with Crippen LogP contribution in [-0.2, 0) is 6.54 Å². The van der Waals surface area contributed by atoms with Gasteiger partial charge in [-0.15, -0.1) is 0 Å². The third-order valence-corrected chi connectivity index (χ3v) is 3.62. The van der Waals surface area contributed by atoms with Crippen molar-refractivity contribution in [2.75, 3.05) is 33.2 Å². The summed E-state index contributed by atoms with van der Waals surface area (Å²) in [6.45, 7) is 8.67. The van der Waals surface area contributed by atoms with Crippen molar-refractivity contribution in [3.8, 4) is 0 Å². The molecule has 6 heteroatoms. The lowest BCUT2D eigenvalue weighted by molar-refractivity contribution is 0.193. The molecule has 0 spiro atoms. The Bertz CT molecular complexity index is 529. The molecule has 1 saturated heterocycles. The smallest absolute Gasteiger partial charge is 0.0700 e. The van der Waals surface area contributed by atoms with E-state index < -0.39 is 0 Å². The fourth-order valence-electron chi connectivity index (χ4n) is 2.29. The van der Waals surface area contributed by atoms with Gasteiger partial charge in [-0.2, -0.15) is 5.10 Å². The van der Waals surface area contributed by atoms with Crippen LogP contribution in [0, 0.1) is 0 Å². The first kappa shape index (κ1) is 16.0. The Morgan fingerprint density at radius 2 is 2.18 bits per heavy atom. The minimum atomic E-state index is 0.645. The number of hydrazone groups is 1. The monoisotopic (exact) mass is 300 g/mol. The molecule has 2 heterocycles. The number of nitrogens with zero attached hydrogens (tertiary/aromatic N) is 4. The minimum Gasteiger partial charge on any atom is -0.380 e. The third kappa shape index (κ3) is 4.89. The molecule has 1 aromatic rings. The fourth-order valence-corrected chi connectivity index (χ4v) is 2.29. The van der Waals surface area contributed by atoms with Crippen LogP contribution in [0.3, 0.4) is 0 Å². The topological polar surface area (TPSA) is 69.8 Å². The Hall–Kier alpha value is -2.34. The van der Waals surface area contributed by atoms with Gasteiger partial charge in [0.1, 0.15) is 0 Å². The maximum atomic E-state index is 5.34. The van der Waals surface area contributed by atoms with Crippen LogP contribution in [0.5, 0.6) is 0 Å². The van der Waals surface area contributed by atoms with E-state index in [0.29, 0.717) is 6.54 Å². The summed E-state index contributed by atoms with van der Waals surface area (Å²) in [6, 6.07) is 5.85. The molecule has 2 rings (SSSR count). The standard InChI is InChI=1S/C16H24N6/c1-14(19-12-15-5-3-4-6-18-15)11-16(13-20-17)22-9-7-21(2)8-10-22/h3-6,11,13,19H,1,7-10,12,17H2,2H3/b16-11+,20-13-. The Balaban J connectivity index is 1.95. The molecule has 22 heavy (non-hydrogen) atoms. The van der Waals surface area contributed by atoms with Gasteiger partial charge in [-0.1, -0.05) is 12.6 Å². The first-order chi connectivity index (χ1) is 10.7. The van der Waals surface area contributed by atoms with Gasteiger partial charge in [0.05, 0.1) is 24.2 Å². The average molecular weight is 300 g/mol. The first-order valence-electron chi connectivity index (χ1n) is 7.40. The summed E-state index contributed by atoms with van der Waals surface area (Å²) in [5.74, 6) is 5.34. The van der Waals surface area contributed by atoms with Gasteiger partial charge in [-0.05, 0) is 25.3 Å². The van der Waals surface area contributed by atoms with Crippen LogP contribution in [0.4, 0.5) is 0 Å². The van der Waals surface area contributed by atoms with E-state index in [1.165, 1.54) is 0 Å². The maximum Gasteiger partial charge on any atom is 0.0700 e. The van der Waals surface area contributed by atoms with Gasteiger partial charge in [0, 0.05) is 38.1 Å². The van der Waals surface area contributed by atoms with E-state index >= 15 is 0 Å². The van der Waals surface area contributed by atoms with Crippen LogP contribution < -0.4 is 11.2 Å². The summed E-state index contributed by atoms with van der Waals surface area (Å²) in [5.41, 5.74) is 2.78. The molecular formula is C16H24N6. The number of nitrogens with two attached hydrogens (primary N) is 1. The van der Waals surface area contributed by atoms with E-state index in [-0.39, 0.29) is 0 Å². The number of hydrogen-bond acceptors (Lipinski definition) is 6. The zero-order chi connectivity index (χ0) is 15.8. The minimum absolute atomic E-state index is 0.645. The van der Waals surface area contributed by atoms with Crippen LogP contribution in [0.2, 0.25) is 0 Å². The summed E-state index contributed by atoms with van der Waals surface area (Å²) in [7, 11) is 2.13. The largest absolute Gasteiger partial charge is 0.380 e. The van der Waals surface area contributed by atoms with Gasteiger partial charge in [-0.25, -0.2) is 0 Å². The number of piperazine rings is 1. The number of rotatable bonds is 6. The highest BCUT2D eigenvalue weighted by Gasteiger charge is 2.15. The molecule has 3 N–H and O–H groups in total. The lowest BCUT2D eigenvalue weighted by Gasteiger charge is -2.34. The maximum absolute atomic E-state index is 5.34. The lowest BCUT2D eigenvalue weighted by atomic mass is 10.2. The zero-order valence-corrected chi connectivity index (χ0v) is 13.1. The van der Waals surface area contributed by atoms with E-state index in [1.807, 2.05) is 24.3 Å². The van der Waals surface area contributed by atoms with Crippen molar-refractivity contribution in [3.63, 3.8) is 0 Å². The van der Waals surface area contributed by atoms with Crippen molar-refractivity contribution in [2.45, 2.75) is 6.54 Å². The quantitative estimate of drug-likeness (QED) is 0.351. The highest BCUT2D eigenvalue weighted by Crippen LogP contribution is 2.09. The van der Waals surface area contributed by atoms with Crippen molar-refractivity contribution in [2.24, 2.45) is 10.9 Å². The third-order valence-electron chi connectivity index (χ3n) is 3.62. The molecule has 1 aromatic heterocycles. The van der Waals surface area contributed by atoms with Crippen molar-refractivity contribution >= 4 is 6.21 Å². The number of hydrogen-bond donors (Lipinski definition) is 2. The number of aromatic nitrogens is 1. The van der Waals surface area contributed by atoms with Crippen LogP contribution in [0.15, 0.2) is 53.5 Å². The molecule has 6 nitrogen and oxygen atoms in total. The fraction of sp³-hybridized carbons (Fsp3) is 0.375. The Morgan fingerprint density at radius 3 is 2.82 bits per heavy atom. The van der Waals surface area contributed by atoms with E-state index in [2.05, 4.69) is 38.8 Å². The molecule has 1 aliphatic rings. The molecule has 0 aromatic carbocycles. The van der Waals surface area contributed by atoms with E-state index in [0.717, 1.165) is 43.3 Å². The van der Waals surface area contributed by atoms with Gasteiger partial charge in [0.15, 0.2) is 0 Å². The molecule has 0 atom stereocenters. The van der Waals surface area contributed by atoms with Crippen molar-refractivity contribution in [3.05, 3.63) is 54.1 Å². The number of nitrogens with one attached hydrogen (secondary N) is 1. The van der Waals surface area contributed by atoms with Gasteiger partial charge < -0.3 is 21.0 Å². The first-order valence-corrected chi connectivity index (χ1v) is 7.40. The summed E-state index contributed by atoms with van der Waals surface area (Å²) >= 11 is 0. The lowest BCUT2D eigenvalue weighted by Crippen LogP contribution is -2.44. The molecule has 118 valence electrons. The molecule has 0 amide bonds. The van der Waals surface area contributed by atoms with E-state index in [4.69, 9.17) is 5.84 Å². The second-order valence-electron chi connectivity index (χ2n) is 5.34. The van der Waals surface area contributed by atoms with Crippen LogP contribution >= 0.6 is 0 Å². The molecule has 1 fully saturated rings. The number of allylic oxidation sites excluding steroid dienone is 2. The summed E-state index contributed by atoms with van der Waals surface area (Å²) in [5, 5.41) is 6.93. The van der Waals surface area contributed by atoms with E-state index in [1.54, 1.807) is 12.4 Å². The second-order valence-corrected chi connectivity index (χ2v) is 5.34. The summed E-state index contributed by atoms with van der Waals surface area (Å²) in [4.78, 5) is 8.85. The molecule has 1 aliphatic heterocycles. The predicted molar refractivity (Wildman–Crippen MR) is 90.0 cm³/mol. The summed E-state index contributed by atoms with van der Waals surface area (Å²) < 4.78 is 0. The predicted octanol–water partition coefficient (Wildman–Crippen LogP) is 0.761. The van der Waals surface area contributed by atoms with Gasteiger partial charge >= 0.3 is 0 Å². The van der Waals surface area contributed by atoms with Crippen LogP contribution in [0.1, 0.15) is 5.69 Å². The van der Waals surface area contributed by atoms with Crippen LogP contribution in [0.25, 0.3) is 0 Å². The van der Waals surface area contributed by atoms with Gasteiger partial charge in [0.25, 0.3) is 0 Å². The Kier molecular flexibility index (Phi) is 5.97. The van der Waals surface area contributed by atoms with Gasteiger partial charge in [0.2, 0.25) is 0 Å². The van der Waals surface area contributed by atoms with Crippen molar-refractivity contribution in [1.82, 2.24) is 20.1 Å². The SMILES string of the molecule is C=C(/C=C(\C=N/N)N1CCN(C)CC1)NCc1ccccn1. The molecule has 0 aliphatic carbocycles. The Morgan fingerprint density at radius 1 is 1.41 bits per heavy atom. The van der Waals surface area contributed by atoms with Crippen LogP contribution in [-0.4, -0.2) is 54.2 Å². The number of likely N-dealkylation sites (N-methyl/N-ethyl adjacent to an activating group) is 1. The molecular weight excluding hydrogens is 276 g/mol. The molecule has 0 saturated carbocycles.